The molecule has 0 saturated heterocycles. The molecule has 11 atom stereocenters. The highest BCUT2D eigenvalue weighted by Crippen LogP contribution is 2.62. The van der Waals surface area contributed by atoms with Crippen molar-refractivity contribution in [2.75, 3.05) is 26.2 Å². The van der Waals surface area contributed by atoms with Crippen LogP contribution in [0.5, 0.6) is 11.5 Å². The number of aliphatic hydroxyl groups is 5. The molecule has 3 aliphatic rings. The van der Waals surface area contributed by atoms with Gasteiger partial charge in [-0.2, -0.15) is 0 Å². The number of nitrogens with one attached hydrogen (secondary N) is 1. The Morgan fingerprint density at radius 1 is 0.970 bits per heavy atom. The van der Waals surface area contributed by atoms with E-state index < -0.39 is 125 Å². The van der Waals surface area contributed by atoms with E-state index in [1.807, 2.05) is 0 Å². The molecule has 2 fully saturated rings. The number of benzene rings is 1. The molecule has 4 rings (SSSR count). The lowest BCUT2D eigenvalue weighted by molar-refractivity contribution is -0.272. The Morgan fingerprint density at radius 2 is 1.61 bits per heavy atom. The van der Waals surface area contributed by atoms with Crippen molar-refractivity contribution in [3.8, 4) is 11.5 Å². The van der Waals surface area contributed by atoms with Crippen LogP contribution >= 0.6 is 21.6 Å². The minimum absolute atomic E-state index is 0.0410. The zero-order valence-electron chi connectivity index (χ0n) is 39.7. The van der Waals surface area contributed by atoms with Crippen LogP contribution in [0.2, 0.25) is 0 Å². The summed E-state index contributed by atoms with van der Waals surface area (Å²) in [6.45, 7) is 14.6. The standard InChI is InChI=1S/C46H65NO17S2/c1-22(2)18-27(47-41(56)64-42(5,6)7)34(52)40(55)61-29-21-45(57)38(63-39(54)26-19-25(59-11)14-15-28(26)60-12)36-44(10,30(49)20-31(50)46(36,58)24(4)48)37(53)35(33(23(29)3)43(45,8)9)62-32(51)16-17-66-65-13/h14-15,18-19,27,29-31,34-36,38,49-50,52,57-58H,16-17,20-21H2,1-13H3,(H,47,56)/t27-,29+,30+,31-,34-,35-,36?,38+,44-,45-,46+/m1/s1. The van der Waals surface area contributed by atoms with Crippen molar-refractivity contribution in [3.05, 3.63) is 46.6 Å². The fraction of sp³-hybridized carbons (Fsp3) is 0.652. The van der Waals surface area contributed by atoms with Crippen molar-refractivity contribution < 1.29 is 82.7 Å². The molecule has 1 amide bonds. The van der Waals surface area contributed by atoms with Gasteiger partial charge in [0.2, 0.25) is 0 Å². The molecule has 368 valence electrons. The van der Waals surface area contributed by atoms with Gasteiger partial charge < -0.3 is 59.3 Å². The molecule has 2 saturated carbocycles. The summed E-state index contributed by atoms with van der Waals surface area (Å²) < 4.78 is 34.4. The molecule has 0 heterocycles. The van der Waals surface area contributed by atoms with Gasteiger partial charge in [-0.15, -0.1) is 0 Å². The molecular formula is C46H65NO17S2. The number of amides is 1. The first-order valence-corrected chi connectivity index (χ1v) is 24.1. The number of aliphatic hydroxyl groups excluding tert-OH is 3. The molecule has 0 aromatic heterocycles. The van der Waals surface area contributed by atoms with Gasteiger partial charge in [0.15, 0.2) is 29.4 Å². The number of fused-ring (bicyclic) bond motifs is 3. The van der Waals surface area contributed by atoms with Gasteiger partial charge in [-0.25, -0.2) is 14.4 Å². The molecule has 66 heavy (non-hydrogen) atoms. The zero-order valence-corrected chi connectivity index (χ0v) is 41.3. The molecular weight excluding hydrogens is 903 g/mol. The zero-order chi connectivity index (χ0) is 50.1. The fourth-order valence-corrected chi connectivity index (χ4v) is 10.6. The molecule has 1 unspecified atom stereocenters. The van der Waals surface area contributed by atoms with Crippen LogP contribution in [0.4, 0.5) is 4.79 Å². The number of ether oxygens (including phenoxy) is 6. The lowest BCUT2D eigenvalue weighted by Crippen LogP contribution is -2.78. The van der Waals surface area contributed by atoms with E-state index in [4.69, 9.17) is 28.4 Å². The summed E-state index contributed by atoms with van der Waals surface area (Å²) in [5, 5.41) is 64.0. The van der Waals surface area contributed by atoms with Gasteiger partial charge >= 0.3 is 24.0 Å². The third-order valence-electron chi connectivity index (χ3n) is 12.9. The first-order valence-electron chi connectivity index (χ1n) is 21.4. The minimum Gasteiger partial charge on any atom is -0.497 e. The van der Waals surface area contributed by atoms with E-state index in [-0.39, 0.29) is 40.4 Å². The van der Waals surface area contributed by atoms with Crippen LogP contribution in [0.1, 0.15) is 98.9 Å². The molecule has 2 bridgehead atoms. The van der Waals surface area contributed by atoms with Gasteiger partial charge in [0, 0.05) is 24.0 Å². The van der Waals surface area contributed by atoms with Gasteiger partial charge in [-0.1, -0.05) is 47.1 Å². The number of alkyl carbamates (subject to hydrolysis) is 1. The summed E-state index contributed by atoms with van der Waals surface area (Å²) in [4.78, 5) is 85.0. The van der Waals surface area contributed by atoms with Gasteiger partial charge in [0.25, 0.3) is 0 Å². The molecule has 1 aromatic carbocycles. The summed E-state index contributed by atoms with van der Waals surface area (Å²) in [5.41, 5.74) is -10.8. The van der Waals surface area contributed by atoms with Gasteiger partial charge in [0.05, 0.1) is 50.2 Å². The molecule has 1 aromatic rings. The number of esters is 3. The number of rotatable bonds is 15. The number of carbonyl (C=O) groups excluding carboxylic acids is 6. The van der Waals surface area contributed by atoms with E-state index in [0.717, 1.165) is 6.92 Å². The predicted octanol–water partition coefficient (Wildman–Crippen LogP) is 3.80. The van der Waals surface area contributed by atoms with Crippen molar-refractivity contribution >= 4 is 57.2 Å². The second-order valence-electron chi connectivity index (χ2n) is 18.9. The Morgan fingerprint density at radius 3 is 2.15 bits per heavy atom. The fourth-order valence-electron chi connectivity index (χ4n) is 9.44. The monoisotopic (exact) mass is 967 g/mol. The smallest absolute Gasteiger partial charge is 0.408 e. The van der Waals surface area contributed by atoms with E-state index in [2.05, 4.69) is 5.32 Å². The third kappa shape index (κ3) is 10.4. The molecule has 20 heteroatoms. The molecule has 3 aliphatic carbocycles. The summed E-state index contributed by atoms with van der Waals surface area (Å²) >= 11 is 0. The van der Waals surface area contributed by atoms with Crippen molar-refractivity contribution in [1.29, 1.82) is 0 Å². The van der Waals surface area contributed by atoms with Crippen molar-refractivity contribution in [1.82, 2.24) is 5.32 Å². The van der Waals surface area contributed by atoms with E-state index in [9.17, 15) is 49.5 Å². The number of hydrogen-bond acceptors (Lipinski definition) is 19. The Bertz CT molecular complexity index is 2110. The Kier molecular flexibility index (Phi) is 17.0. The highest BCUT2D eigenvalue weighted by atomic mass is 33.1. The van der Waals surface area contributed by atoms with Crippen LogP contribution in [0, 0.1) is 16.7 Å². The van der Waals surface area contributed by atoms with E-state index in [1.165, 1.54) is 87.8 Å². The topological polar surface area (TPSA) is 271 Å². The Labute approximate surface area is 392 Å². The second kappa shape index (κ2) is 20.6. The highest BCUT2D eigenvalue weighted by Gasteiger charge is 2.76. The molecule has 18 nitrogen and oxygen atoms in total. The Hall–Kier alpha value is -4.18. The lowest BCUT2D eigenvalue weighted by atomic mass is 9.45. The van der Waals surface area contributed by atoms with E-state index >= 15 is 4.79 Å². The second-order valence-corrected chi connectivity index (χ2v) is 21.6. The molecule has 6 N–H and O–H groups in total. The van der Waals surface area contributed by atoms with Gasteiger partial charge in [0.1, 0.15) is 40.5 Å². The summed E-state index contributed by atoms with van der Waals surface area (Å²) in [6, 6.07) is 2.71. The number of methoxy groups -OCH3 is 2. The first-order chi connectivity index (χ1) is 30.5. The maximum Gasteiger partial charge on any atom is 0.408 e. The average molecular weight is 968 g/mol. The number of Topliss-reactive ketones (excluding diaryl/α,β-unsaturated/α-hetero) is 2. The summed E-state index contributed by atoms with van der Waals surface area (Å²) in [6.07, 6.45) is -11.6. The van der Waals surface area contributed by atoms with E-state index in [0.29, 0.717) is 5.57 Å². The minimum atomic E-state index is -3.05. The third-order valence-corrected chi connectivity index (χ3v) is 14.8. The van der Waals surface area contributed by atoms with Crippen LogP contribution in [-0.2, 0) is 38.1 Å². The van der Waals surface area contributed by atoms with Gasteiger partial charge in [-0.05, 0) is 91.0 Å². The van der Waals surface area contributed by atoms with Crippen LogP contribution in [0.15, 0.2) is 41.0 Å². The average Bonchev–Trinajstić information content (AvgIpc) is 3.21. The quantitative estimate of drug-likeness (QED) is 0.0480. The number of allylic oxidation sites excluding steroid dienone is 1. The Balaban J connectivity index is 2.07. The van der Waals surface area contributed by atoms with Crippen LogP contribution in [0.3, 0.4) is 0 Å². The molecule has 0 radical (unpaired) electrons. The number of ketones is 2. The first kappa shape index (κ1) is 54.4. The highest BCUT2D eigenvalue weighted by molar-refractivity contribution is 8.76. The predicted molar refractivity (Wildman–Crippen MR) is 243 cm³/mol. The summed E-state index contributed by atoms with van der Waals surface area (Å²) in [5.74, 6) is -7.53. The maximum absolute atomic E-state index is 15.7. The SMILES string of the molecule is COc1ccc(OC)c(C(=O)O[C@H]2C3[C@](C)(C(=O)[C@H](OC(=O)CCSSC)C4=C(C)[C@@H](OC(=O)[C@H](O)[C@@H](C=C(C)C)NC(=O)OC(C)(C)C)C[C@]2(O)C4(C)C)[C@@H](O)C[C@@H](O)[C@@]3(O)C(C)=O)c1. The summed E-state index contributed by atoms with van der Waals surface area (Å²) in [7, 11) is 5.31. The molecule has 0 aliphatic heterocycles. The molecule has 0 spiro atoms. The number of hydrogen-bond donors (Lipinski definition) is 6. The van der Waals surface area contributed by atoms with Crippen molar-refractivity contribution in [2.24, 2.45) is 16.7 Å². The van der Waals surface area contributed by atoms with Gasteiger partial charge in [-0.3, -0.25) is 14.4 Å². The normalized spacial score (nSPS) is 30.2. The van der Waals surface area contributed by atoms with Crippen LogP contribution in [-0.4, -0.2) is 147 Å². The lowest BCUT2D eigenvalue weighted by Gasteiger charge is -2.63. The number of carbonyl (C=O) groups is 6. The van der Waals surface area contributed by atoms with Crippen LogP contribution in [0.25, 0.3) is 0 Å². The van der Waals surface area contributed by atoms with Crippen molar-refractivity contribution in [3.63, 3.8) is 0 Å². The maximum atomic E-state index is 15.7. The van der Waals surface area contributed by atoms with Crippen molar-refractivity contribution in [2.45, 2.75) is 148 Å². The van der Waals surface area contributed by atoms with E-state index in [1.54, 1.807) is 40.9 Å². The van der Waals surface area contributed by atoms with Crippen LogP contribution < -0.4 is 14.8 Å². The largest absolute Gasteiger partial charge is 0.497 e.